The highest BCUT2D eigenvalue weighted by Gasteiger charge is 2.32. The Bertz CT molecular complexity index is 1290. The van der Waals surface area contributed by atoms with Crippen LogP contribution in [0.4, 0.5) is 5.69 Å². The Morgan fingerprint density at radius 2 is 1.76 bits per heavy atom. The molecule has 1 saturated heterocycles. The molecule has 0 N–H and O–H groups in total. The predicted molar refractivity (Wildman–Crippen MR) is 124 cm³/mol. The zero-order valence-corrected chi connectivity index (χ0v) is 19.3. The van der Waals surface area contributed by atoms with Gasteiger partial charge in [0.05, 0.1) is 10.6 Å². The molecule has 1 fully saturated rings. The van der Waals surface area contributed by atoms with Crippen molar-refractivity contribution in [3.05, 3.63) is 59.5 Å². The number of hydrogen-bond acceptors (Lipinski definition) is 6. The molecule has 0 bridgehead atoms. The number of nitrogens with zero attached hydrogens (tertiary/aromatic N) is 4. The van der Waals surface area contributed by atoms with Crippen molar-refractivity contribution in [3.63, 3.8) is 0 Å². The zero-order valence-electron chi connectivity index (χ0n) is 18.5. The largest absolute Gasteiger partial charge is 0.334 e. The second-order valence-electron chi connectivity index (χ2n) is 8.57. The first kappa shape index (κ1) is 21.6. The number of para-hydroxylation sites is 1. The molecule has 0 radical (unpaired) electrons. The van der Waals surface area contributed by atoms with Crippen LogP contribution in [-0.4, -0.2) is 49.0 Å². The van der Waals surface area contributed by atoms with Crippen LogP contribution in [0.25, 0.3) is 11.4 Å². The van der Waals surface area contributed by atoms with E-state index in [0.717, 1.165) is 31.2 Å². The van der Waals surface area contributed by atoms with Crippen molar-refractivity contribution in [3.8, 4) is 11.4 Å². The first-order chi connectivity index (χ1) is 15.9. The van der Waals surface area contributed by atoms with E-state index in [-0.39, 0.29) is 22.5 Å². The van der Waals surface area contributed by atoms with Gasteiger partial charge in [-0.3, -0.25) is 9.10 Å². The standard InChI is InChI=1S/C24H26N4O4S/c1-17-10-11-19(22-25-23(32-26-22)24(29)27-13-6-2-3-7-14-27)16-21(17)33(30,31)28-15-12-18-8-4-5-9-20(18)28/h4-5,8-11,16H,2-3,6-7,12-15H2,1H3. The van der Waals surface area contributed by atoms with E-state index in [1.807, 2.05) is 24.3 Å². The number of amides is 1. The van der Waals surface area contributed by atoms with Gasteiger partial charge in [-0.05, 0) is 49.4 Å². The van der Waals surface area contributed by atoms with Gasteiger partial charge in [0.25, 0.3) is 10.0 Å². The van der Waals surface area contributed by atoms with Crippen LogP contribution in [0.2, 0.25) is 0 Å². The van der Waals surface area contributed by atoms with Crippen LogP contribution in [0, 0.1) is 6.92 Å². The van der Waals surface area contributed by atoms with E-state index in [9.17, 15) is 13.2 Å². The Kier molecular flexibility index (Phi) is 5.65. The molecule has 1 amide bonds. The van der Waals surface area contributed by atoms with Crippen LogP contribution in [0.1, 0.15) is 47.5 Å². The fraction of sp³-hybridized carbons (Fsp3) is 0.375. The molecule has 0 saturated carbocycles. The molecule has 0 atom stereocenters. The van der Waals surface area contributed by atoms with Crippen molar-refractivity contribution in [2.75, 3.05) is 23.9 Å². The topological polar surface area (TPSA) is 96.6 Å². The number of fused-ring (bicyclic) bond motifs is 1. The van der Waals surface area contributed by atoms with Gasteiger partial charge in [-0.25, -0.2) is 8.42 Å². The number of rotatable bonds is 4. The van der Waals surface area contributed by atoms with E-state index in [1.54, 1.807) is 30.0 Å². The third-order valence-electron chi connectivity index (χ3n) is 6.36. The lowest BCUT2D eigenvalue weighted by Crippen LogP contribution is -2.32. The molecule has 5 rings (SSSR count). The van der Waals surface area contributed by atoms with Gasteiger partial charge in [-0.1, -0.05) is 48.3 Å². The van der Waals surface area contributed by atoms with Crippen LogP contribution in [0.15, 0.2) is 51.9 Å². The molecular weight excluding hydrogens is 440 g/mol. The molecule has 33 heavy (non-hydrogen) atoms. The van der Waals surface area contributed by atoms with Crippen LogP contribution in [-0.2, 0) is 16.4 Å². The van der Waals surface area contributed by atoms with Gasteiger partial charge in [0.1, 0.15) is 0 Å². The van der Waals surface area contributed by atoms with Crippen LogP contribution in [0.5, 0.6) is 0 Å². The maximum Gasteiger partial charge on any atom is 0.316 e. The number of benzene rings is 2. The van der Waals surface area contributed by atoms with Crippen LogP contribution >= 0.6 is 0 Å². The SMILES string of the molecule is Cc1ccc(-c2noc(C(=O)N3CCCCCC3)n2)cc1S(=O)(=O)N1CCc2ccccc21. The quantitative estimate of drug-likeness (QED) is 0.580. The molecule has 3 aromatic rings. The van der Waals surface area contributed by atoms with Crippen molar-refractivity contribution < 1.29 is 17.7 Å². The number of aryl methyl sites for hydroxylation is 1. The Balaban J connectivity index is 1.45. The number of likely N-dealkylation sites (tertiary alicyclic amines) is 1. The third kappa shape index (κ3) is 4.01. The summed E-state index contributed by atoms with van der Waals surface area (Å²) in [6.07, 6.45) is 4.83. The smallest absolute Gasteiger partial charge is 0.316 e. The van der Waals surface area contributed by atoms with E-state index in [1.165, 1.54) is 4.31 Å². The summed E-state index contributed by atoms with van der Waals surface area (Å²) in [5.74, 6) is -0.138. The highest BCUT2D eigenvalue weighted by Crippen LogP contribution is 2.34. The minimum absolute atomic E-state index is 0.0645. The van der Waals surface area contributed by atoms with Gasteiger partial charge < -0.3 is 9.42 Å². The number of aromatic nitrogens is 2. The molecule has 9 heteroatoms. The average molecular weight is 467 g/mol. The van der Waals surface area contributed by atoms with Gasteiger partial charge in [-0.15, -0.1) is 0 Å². The summed E-state index contributed by atoms with van der Waals surface area (Å²) in [6.45, 7) is 3.53. The number of hydrogen-bond donors (Lipinski definition) is 0. The Labute approximate surface area is 193 Å². The Morgan fingerprint density at radius 1 is 1.00 bits per heavy atom. The van der Waals surface area contributed by atoms with Gasteiger partial charge in [0, 0.05) is 25.2 Å². The van der Waals surface area contributed by atoms with Crippen molar-refractivity contribution in [1.82, 2.24) is 15.0 Å². The van der Waals surface area contributed by atoms with E-state index >= 15 is 0 Å². The maximum atomic E-state index is 13.6. The molecular formula is C24H26N4O4S. The second kappa shape index (κ2) is 8.62. The lowest BCUT2D eigenvalue weighted by molar-refractivity contribution is 0.0711. The normalized spacial score (nSPS) is 16.5. The molecule has 2 aliphatic rings. The summed E-state index contributed by atoms with van der Waals surface area (Å²) >= 11 is 0. The van der Waals surface area contributed by atoms with Crippen molar-refractivity contribution in [2.45, 2.75) is 43.9 Å². The van der Waals surface area contributed by atoms with Crippen molar-refractivity contribution >= 4 is 21.6 Å². The van der Waals surface area contributed by atoms with Crippen molar-refractivity contribution in [2.24, 2.45) is 0 Å². The zero-order chi connectivity index (χ0) is 23.0. The third-order valence-corrected chi connectivity index (χ3v) is 8.32. The lowest BCUT2D eigenvalue weighted by Gasteiger charge is -2.21. The van der Waals surface area contributed by atoms with Crippen LogP contribution < -0.4 is 4.31 Å². The molecule has 2 aromatic carbocycles. The molecule has 3 heterocycles. The molecule has 1 aromatic heterocycles. The van der Waals surface area contributed by atoms with Gasteiger partial charge >= 0.3 is 11.8 Å². The summed E-state index contributed by atoms with van der Waals surface area (Å²) < 4.78 is 33.8. The van der Waals surface area contributed by atoms with E-state index in [4.69, 9.17) is 4.52 Å². The Hall–Kier alpha value is -3.20. The second-order valence-corrected chi connectivity index (χ2v) is 10.4. The minimum Gasteiger partial charge on any atom is -0.334 e. The first-order valence-electron chi connectivity index (χ1n) is 11.3. The van der Waals surface area contributed by atoms with Gasteiger partial charge in [0.2, 0.25) is 5.82 Å². The molecule has 8 nitrogen and oxygen atoms in total. The van der Waals surface area contributed by atoms with Gasteiger partial charge in [-0.2, -0.15) is 4.98 Å². The number of anilines is 1. The fourth-order valence-electron chi connectivity index (χ4n) is 4.53. The van der Waals surface area contributed by atoms with Crippen LogP contribution in [0.3, 0.4) is 0 Å². The summed E-state index contributed by atoms with van der Waals surface area (Å²) in [6, 6.07) is 12.6. The molecule has 172 valence electrons. The summed E-state index contributed by atoms with van der Waals surface area (Å²) in [5, 5.41) is 3.97. The minimum atomic E-state index is -3.77. The summed E-state index contributed by atoms with van der Waals surface area (Å²) in [7, 11) is -3.77. The molecule has 2 aliphatic heterocycles. The number of carbonyl (C=O) groups is 1. The predicted octanol–water partition coefficient (Wildman–Crippen LogP) is 3.81. The van der Waals surface area contributed by atoms with E-state index < -0.39 is 10.0 Å². The highest BCUT2D eigenvalue weighted by molar-refractivity contribution is 7.93. The molecule has 0 unspecified atom stereocenters. The van der Waals surface area contributed by atoms with Crippen molar-refractivity contribution in [1.29, 1.82) is 0 Å². The molecule has 0 aliphatic carbocycles. The number of sulfonamides is 1. The fourth-order valence-corrected chi connectivity index (χ4v) is 6.29. The Morgan fingerprint density at radius 3 is 2.55 bits per heavy atom. The summed E-state index contributed by atoms with van der Waals surface area (Å²) in [5.41, 5.74) is 2.86. The maximum absolute atomic E-state index is 13.6. The van der Waals surface area contributed by atoms with E-state index in [0.29, 0.717) is 42.9 Å². The lowest BCUT2D eigenvalue weighted by atomic mass is 10.1. The van der Waals surface area contributed by atoms with Gasteiger partial charge in [0.15, 0.2) is 0 Å². The average Bonchev–Trinajstić information content (AvgIpc) is 3.40. The first-order valence-corrected chi connectivity index (χ1v) is 12.7. The highest BCUT2D eigenvalue weighted by atomic mass is 32.2. The van der Waals surface area contributed by atoms with E-state index in [2.05, 4.69) is 10.1 Å². The monoisotopic (exact) mass is 466 g/mol. The molecule has 0 spiro atoms. The number of carbonyl (C=O) groups excluding carboxylic acids is 1. The summed E-state index contributed by atoms with van der Waals surface area (Å²) in [4.78, 5) is 19.0.